The van der Waals surface area contributed by atoms with Gasteiger partial charge in [-0.3, -0.25) is 0 Å². The number of hydrogen-bond donors (Lipinski definition) is 0. The van der Waals surface area contributed by atoms with E-state index in [0.29, 0.717) is 0 Å². The molecule has 0 aliphatic rings. The molecule has 360 valence electrons. The number of carbonyl (C=O) groups excluding carboxylic acids is 2. The van der Waals surface area contributed by atoms with Crippen molar-refractivity contribution in [1.29, 1.82) is 0 Å². The molecule has 0 atom stereocenters. The predicted octanol–water partition coefficient (Wildman–Crippen LogP) is 17.4. The van der Waals surface area contributed by atoms with Crippen molar-refractivity contribution in [3.63, 3.8) is 0 Å². The fourth-order valence-electron chi connectivity index (χ4n) is 8.82. The zero-order valence-electron chi connectivity index (χ0n) is 42.1. The van der Waals surface area contributed by atoms with Crippen LogP contribution in [0.15, 0.2) is 0 Å². The minimum absolute atomic E-state index is 0. The second-order valence-corrected chi connectivity index (χ2v) is 19.2. The van der Waals surface area contributed by atoms with Crippen molar-refractivity contribution < 1.29 is 19.8 Å². The molecule has 61 heavy (non-hydrogen) atoms. The van der Waals surface area contributed by atoms with Crippen LogP contribution in [0, 0.1) is 0 Å². The van der Waals surface area contributed by atoms with Crippen LogP contribution in [0.1, 0.15) is 348 Å². The van der Waals surface area contributed by atoms with Gasteiger partial charge in [-0.2, -0.15) is 0 Å². The average Bonchev–Trinajstić information content (AvgIpc) is 3.23. The first-order valence-corrected chi connectivity index (χ1v) is 27.9. The Morgan fingerprint density at radius 3 is 0.410 bits per heavy atom. The van der Waals surface area contributed by atoms with Crippen molar-refractivity contribution >= 4 is 49.7 Å². The van der Waals surface area contributed by atoms with Crippen molar-refractivity contribution in [3.8, 4) is 0 Å². The van der Waals surface area contributed by atoms with Gasteiger partial charge >= 0.3 is 37.7 Å². The van der Waals surface area contributed by atoms with Gasteiger partial charge in [-0.15, -0.1) is 0 Å². The molecule has 0 fully saturated rings. The average molecular weight is 888 g/mol. The Hall–Kier alpha value is 0.200. The van der Waals surface area contributed by atoms with Gasteiger partial charge in [0.1, 0.15) is 0 Å². The van der Waals surface area contributed by atoms with Gasteiger partial charge in [-0.1, -0.05) is 322 Å². The third-order valence-corrected chi connectivity index (χ3v) is 13.0. The van der Waals surface area contributed by atoms with Gasteiger partial charge in [-0.05, 0) is 25.7 Å². The number of carboxylic acids is 2. The SMILES string of the molecule is CCCCCCCCCCCCCCCCCCCCCCCCCCCC(=O)[O-].CCCCCCCCCCCCCCCCCCCCCCCCCCCC(=O)[O-].[Ca+2]. The van der Waals surface area contributed by atoms with E-state index in [-0.39, 0.29) is 50.6 Å². The Kier molecular flexibility index (Phi) is 66.9. The van der Waals surface area contributed by atoms with E-state index < -0.39 is 11.9 Å². The molecule has 0 aromatic carbocycles. The van der Waals surface area contributed by atoms with E-state index in [9.17, 15) is 19.8 Å². The van der Waals surface area contributed by atoms with Crippen LogP contribution in [0.4, 0.5) is 0 Å². The second-order valence-electron chi connectivity index (χ2n) is 19.2. The summed E-state index contributed by atoms with van der Waals surface area (Å²) in [5.41, 5.74) is 0. The quantitative estimate of drug-likeness (QED) is 0.0450. The molecule has 0 rings (SSSR count). The summed E-state index contributed by atoms with van der Waals surface area (Å²) in [6.45, 7) is 4.59. The third kappa shape index (κ3) is 69.4. The maximum absolute atomic E-state index is 10.3. The Labute approximate surface area is 414 Å². The zero-order valence-corrected chi connectivity index (χ0v) is 44.3. The maximum Gasteiger partial charge on any atom is 2.00 e. The monoisotopic (exact) mass is 887 g/mol. The molecule has 0 N–H and O–H groups in total. The molecule has 0 heterocycles. The Balaban J connectivity index is -0.00000109. The summed E-state index contributed by atoms with van der Waals surface area (Å²) in [5.74, 6) is -1.80. The van der Waals surface area contributed by atoms with Gasteiger partial charge in [0.05, 0.1) is 0 Å². The minimum atomic E-state index is -0.899. The summed E-state index contributed by atoms with van der Waals surface area (Å²) in [7, 11) is 0. The number of unbranched alkanes of at least 4 members (excludes halogenated alkanes) is 48. The fourth-order valence-corrected chi connectivity index (χ4v) is 8.82. The Morgan fingerprint density at radius 2 is 0.311 bits per heavy atom. The van der Waals surface area contributed by atoms with Crippen LogP contribution in [0.25, 0.3) is 0 Å². The number of carboxylic acid groups (broad SMARTS) is 2. The summed E-state index contributed by atoms with van der Waals surface area (Å²) < 4.78 is 0. The standard InChI is InChI=1S/2C28H56O2.Ca/c2*1-2-3-4-5-6-7-8-9-10-11-12-13-14-15-16-17-18-19-20-21-22-23-24-25-26-27-28(29)30;/h2*2-27H2,1H3,(H,29,30);/q;;+2/p-2. The van der Waals surface area contributed by atoms with Crippen LogP contribution in [-0.4, -0.2) is 49.7 Å². The molecular weight excluding hydrogens is 777 g/mol. The van der Waals surface area contributed by atoms with Gasteiger partial charge in [0.15, 0.2) is 0 Å². The first-order valence-electron chi connectivity index (χ1n) is 27.9. The molecule has 0 aromatic heterocycles. The molecule has 0 unspecified atom stereocenters. The first kappa shape index (κ1) is 65.5. The van der Waals surface area contributed by atoms with E-state index in [1.54, 1.807) is 0 Å². The molecule has 0 radical (unpaired) electrons. The molecular formula is C56H110CaO4. The van der Waals surface area contributed by atoms with Crippen LogP contribution in [0.5, 0.6) is 0 Å². The summed E-state index contributed by atoms with van der Waals surface area (Å²) >= 11 is 0. The van der Waals surface area contributed by atoms with E-state index in [0.717, 1.165) is 25.7 Å². The van der Waals surface area contributed by atoms with Crippen molar-refractivity contribution in [1.82, 2.24) is 0 Å². The molecule has 0 saturated heterocycles. The molecule has 0 amide bonds. The number of rotatable bonds is 52. The van der Waals surface area contributed by atoms with Crippen LogP contribution >= 0.6 is 0 Å². The molecule has 0 aromatic rings. The third-order valence-electron chi connectivity index (χ3n) is 13.0. The summed E-state index contributed by atoms with van der Waals surface area (Å²) in [6.07, 6.45) is 69.3. The zero-order chi connectivity index (χ0) is 43.9. The van der Waals surface area contributed by atoms with E-state index in [1.165, 1.54) is 295 Å². The molecule has 5 heteroatoms. The van der Waals surface area contributed by atoms with Crippen molar-refractivity contribution in [3.05, 3.63) is 0 Å². The molecule has 0 aliphatic heterocycles. The van der Waals surface area contributed by atoms with Crippen molar-refractivity contribution in [2.75, 3.05) is 0 Å². The summed E-state index contributed by atoms with van der Waals surface area (Å²) in [6, 6.07) is 0. The summed E-state index contributed by atoms with van der Waals surface area (Å²) in [4.78, 5) is 20.6. The molecule has 4 nitrogen and oxygen atoms in total. The molecule has 0 aliphatic carbocycles. The first-order chi connectivity index (χ1) is 29.5. The van der Waals surface area contributed by atoms with Crippen LogP contribution < -0.4 is 10.2 Å². The van der Waals surface area contributed by atoms with Gasteiger partial charge < -0.3 is 19.8 Å². The predicted molar refractivity (Wildman–Crippen MR) is 267 cm³/mol. The van der Waals surface area contributed by atoms with Crippen molar-refractivity contribution in [2.45, 2.75) is 348 Å². The largest absolute Gasteiger partial charge is 2.00 e. The maximum atomic E-state index is 10.3. The smallest absolute Gasteiger partial charge is 0.550 e. The van der Waals surface area contributed by atoms with Gasteiger partial charge in [0, 0.05) is 11.9 Å². The van der Waals surface area contributed by atoms with Crippen LogP contribution in [0.3, 0.4) is 0 Å². The van der Waals surface area contributed by atoms with E-state index >= 15 is 0 Å². The van der Waals surface area contributed by atoms with Crippen molar-refractivity contribution in [2.24, 2.45) is 0 Å². The minimum Gasteiger partial charge on any atom is -0.550 e. The van der Waals surface area contributed by atoms with E-state index in [2.05, 4.69) is 13.8 Å². The fraction of sp³-hybridized carbons (Fsp3) is 0.964. The topological polar surface area (TPSA) is 80.3 Å². The Morgan fingerprint density at radius 1 is 0.213 bits per heavy atom. The van der Waals surface area contributed by atoms with Gasteiger partial charge in [-0.25, -0.2) is 0 Å². The van der Waals surface area contributed by atoms with E-state index in [4.69, 9.17) is 0 Å². The van der Waals surface area contributed by atoms with Gasteiger partial charge in [0.2, 0.25) is 0 Å². The second kappa shape index (κ2) is 62.3. The molecule has 0 spiro atoms. The van der Waals surface area contributed by atoms with Gasteiger partial charge in [0.25, 0.3) is 0 Å². The number of aliphatic carboxylic acids is 2. The molecule has 0 bridgehead atoms. The number of hydrogen-bond acceptors (Lipinski definition) is 4. The van der Waals surface area contributed by atoms with E-state index in [1.807, 2.05) is 0 Å². The normalized spacial score (nSPS) is 11.0. The summed E-state index contributed by atoms with van der Waals surface area (Å²) in [5, 5.41) is 20.6. The molecule has 0 saturated carbocycles. The number of carbonyl (C=O) groups is 2. The Bertz CT molecular complexity index is 725. The van der Waals surface area contributed by atoms with Crippen LogP contribution in [-0.2, 0) is 9.59 Å². The van der Waals surface area contributed by atoms with Crippen LogP contribution in [0.2, 0.25) is 0 Å².